The number of hydrogen-bond acceptors (Lipinski definition) is 5. The van der Waals surface area contributed by atoms with Crippen LogP contribution in [0.15, 0.2) is 48.5 Å². The highest BCUT2D eigenvalue weighted by atomic mass is 19.1. The summed E-state index contributed by atoms with van der Waals surface area (Å²) in [5.74, 6) is 1.08. The van der Waals surface area contributed by atoms with E-state index < -0.39 is 6.10 Å². The third-order valence-electron chi connectivity index (χ3n) is 5.78. The second-order valence-corrected chi connectivity index (χ2v) is 7.90. The molecule has 7 heteroatoms. The van der Waals surface area contributed by atoms with Gasteiger partial charge in [0.15, 0.2) is 5.82 Å². The molecule has 32 heavy (non-hydrogen) atoms. The van der Waals surface area contributed by atoms with Crippen LogP contribution in [0.2, 0.25) is 0 Å². The fourth-order valence-corrected chi connectivity index (χ4v) is 3.68. The molecule has 0 spiro atoms. The van der Waals surface area contributed by atoms with Crippen molar-refractivity contribution >= 4 is 17.4 Å². The van der Waals surface area contributed by atoms with Gasteiger partial charge < -0.3 is 15.3 Å². The van der Waals surface area contributed by atoms with E-state index in [1.165, 1.54) is 12.1 Å². The highest BCUT2D eigenvalue weighted by Gasteiger charge is 2.30. The maximum Gasteiger partial charge on any atom is 0.246 e. The zero-order valence-electron chi connectivity index (χ0n) is 17.8. The normalized spacial score (nSPS) is 16.1. The molecule has 2 atom stereocenters. The molecule has 1 amide bonds. The Kier molecular flexibility index (Phi) is 6.89. The van der Waals surface area contributed by atoms with Gasteiger partial charge in [-0.2, -0.15) is 0 Å². The molecule has 168 valence electrons. The van der Waals surface area contributed by atoms with E-state index in [0.29, 0.717) is 17.7 Å². The summed E-state index contributed by atoms with van der Waals surface area (Å²) in [4.78, 5) is 23.2. The number of fused-ring (bicyclic) bond motifs is 1. The van der Waals surface area contributed by atoms with E-state index in [2.05, 4.69) is 15.3 Å². The predicted octanol–water partition coefficient (Wildman–Crippen LogP) is 4.20. The van der Waals surface area contributed by atoms with Gasteiger partial charge in [0.1, 0.15) is 29.5 Å². The Morgan fingerprint density at radius 1 is 1.06 bits per heavy atom. The maximum absolute atomic E-state index is 13.1. The van der Waals surface area contributed by atoms with Crippen molar-refractivity contribution in [3.8, 4) is 0 Å². The lowest BCUT2D eigenvalue weighted by Crippen LogP contribution is -2.45. The molecule has 0 aliphatic carbocycles. The third kappa shape index (κ3) is 4.62. The first-order valence-electron chi connectivity index (χ1n) is 10.3. The zero-order valence-corrected chi connectivity index (χ0v) is 17.8. The van der Waals surface area contributed by atoms with Crippen molar-refractivity contribution in [2.75, 3.05) is 17.3 Å². The van der Waals surface area contributed by atoms with Crippen LogP contribution < -0.4 is 10.2 Å². The SMILES string of the molecule is C.Cc1nc(CCc2ccc(C(O)c3ccc(F)cc3)cc2)nc2c1NC(=O)[C@H](C)N2C. The molecule has 2 aromatic carbocycles. The molecule has 3 aromatic rings. The lowest BCUT2D eigenvalue weighted by atomic mass is 9.99. The first kappa shape index (κ1) is 23.3. The van der Waals surface area contributed by atoms with E-state index in [0.717, 1.165) is 34.9 Å². The Morgan fingerprint density at radius 2 is 1.66 bits per heavy atom. The number of aliphatic hydroxyl groups is 1. The van der Waals surface area contributed by atoms with Gasteiger partial charge in [0.05, 0.1) is 5.69 Å². The molecule has 0 radical (unpaired) electrons. The van der Waals surface area contributed by atoms with E-state index in [1.54, 1.807) is 12.1 Å². The highest BCUT2D eigenvalue weighted by Crippen LogP contribution is 2.31. The summed E-state index contributed by atoms with van der Waals surface area (Å²) in [6.45, 7) is 3.72. The lowest BCUT2D eigenvalue weighted by molar-refractivity contribution is -0.117. The van der Waals surface area contributed by atoms with E-state index in [1.807, 2.05) is 50.1 Å². The molecule has 2 N–H and O–H groups in total. The predicted molar refractivity (Wildman–Crippen MR) is 124 cm³/mol. The minimum absolute atomic E-state index is 0. The van der Waals surface area contributed by atoms with Crippen LogP contribution >= 0.6 is 0 Å². The third-order valence-corrected chi connectivity index (χ3v) is 5.78. The molecule has 0 fully saturated rings. The molecule has 0 bridgehead atoms. The van der Waals surface area contributed by atoms with Crippen molar-refractivity contribution in [2.45, 2.75) is 46.3 Å². The molecule has 6 nitrogen and oxygen atoms in total. The summed E-state index contributed by atoms with van der Waals surface area (Å²) in [5.41, 5.74) is 3.93. The van der Waals surface area contributed by atoms with Crippen molar-refractivity contribution in [3.05, 3.63) is 82.6 Å². The number of hydrogen-bond donors (Lipinski definition) is 2. The largest absolute Gasteiger partial charge is 0.384 e. The number of aryl methyl sites for hydroxylation is 3. The second-order valence-electron chi connectivity index (χ2n) is 7.90. The van der Waals surface area contributed by atoms with E-state index in [9.17, 15) is 14.3 Å². The number of likely N-dealkylation sites (N-methyl/N-ethyl adjacent to an activating group) is 1. The van der Waals surface area contributed by atoms with Gasteiger partial charge >= 0.3 is 0 Å². The number of aromatic nitrogens is 2. The monoisotopic (exact) mass is 436 g/mol. The molecule has 0 saturated heterocycles. The van der Waals surface area contributed by atoms with Crippen molar-refractivity contribution in [3.63, 3.8) is 0 Å². The van der Waals surface area contributed by atoms with Crippen molar-refractivity contribution in [1.29, 1.82) is 0 Å². The van der Waals surface area contributed by atoms with Gasteiger partial charge in [-0.15, -0.1) is 0 Å². The van der Waals surface area contributed by atoms with Gasteiger partial charge in [-0.25, -0.2) is 14.4 Å². The summed E-state index contributed by atoms with van der Waals surface area (Å²) >= 11 is 0. The number of halogens is 1. The maximum atomic E-state index is 13.1. The number of benzene rings is 2. The molecular formula is C25H29FN4O2. The number of nitrogens with one attached hydrogen (secondary N) is 1. The fraction of sp³-hybridized carbons (Fsp3) is 0.320. The summed E-state index contributed by atoms with van der Waals surface area (Å²) < 4.78 is 13.1. The fourth-order valence-electron chi connectivity index (χ4n) is 3.68. The van der Waals surface area contributed by atoms with Crippen molar-refractivity contribution in [1.82, 2.24) is 9.97 Å². The molecule has 1 aliphatic heterocycles. The number of amides is 1. The Bertz CT molecular complexity index is 1100. The summed E-state index contributed by atoms with van der Waals surface area (Å²) in [5, 5.41) is 13.4. The topological polar surface area (TPSA) is 78.4 Å². The molecule has 1 aromatic heterocycles. The van der Waals surface area contributed by atoms with Crippen LogP contribution in [-0.2, 0) is 17.6 Å². The van der Waals surface area contributed by atoms with E-state index in [4.69, 9.17) is 0 Å². The number of anilines is 2. The van der Waals surface area contributed by atoms with E-state index in [-0.39, 0.29) is 25.2 Å². The number of carbonyl (C=O) groups is 1. The Labute approximate surface area is 188 Å². The molecular weight excluding hydrogens is 407 g/mol. The van der Waals surface area contributed by atoms with Crippen LogP contribution in [0.1, 0.15) is 48.7 Å². The van der Waals surface area contributed by atoms with Crippen LogP contribution in [0.4, 0.5) is 15.9 Å². The molecule has 4 rings (SSSR count). The number of rotatable bonds is 5. The van der Waals surface area contributed by atoms with Crippen LogP contribution in [-0.4, -0.2) is 34.1 Å². The second kappa shape index (κ2) is 9.44. The first-order chi connectivity index (χ1) is 14.8. The van der Waals surface area contributed by atoms with Crippen LogP contribution in [0, 0.1) is 12.7 Å². The molecule has 2 heterocycles. The van der Waals surface area contributed by atoms with Gasteiger partial charge in [-0.05, 0) is 49.1 Å². The van der Waals surface area contributed by atoms with Gasteiger partial charge in [-0.3, -0.25) is 4.79 Å². The average Bonchev–Trinajstić information content (AvgIpc) is 2.77. The Hall–Kier alpha value is -3.32. The number of aliphatic hydroxyl groups excluding tert-OH is 1. The zero-order chi connectivity index (χ0) is 22.1. The van der Waals surface area contributed by atoms with Crippen LogP contribution in [0.5, 0.6) is 0 Å². The van der Waals surface area contributed by atoms with Crippen molar-refractivity contribution in [2.24, 2.45) is 0 Å². The molecule has 1 unspecified atom stereocenters. The minimum Gasteiger partial charge on any atom is -0.384 e. The van der Waals surface area contributed by atoms with Gasteiger partial charge in [0, 0.05) is 13.5 Å². The highest BCUT2D eigenvalue weighted by molar-refractivity contribution is 6.02. The first-order valence-corrected chi connectivity index (χ1v) is 10.3. The number of carbonyl (C=O) groups excluding carboxylic acids is 1. The summed E-state index contributed by atoms with van der Waals surface area (Å²) in [6.07, 6.45) is 0.606. The molecule has 0 saturated carbocycles. The average molecular weight is 437 g/mol. The van der Waals surface area contributed by atoms with Crippen LogP contribution in [0.3, 0.4) is 0 Å². The molecule has 1 aliphatic rings. The van der Waals surface area contributed by atoms with Crippen molar-refractivity contribution < 1.29 is 14.3 Å². The Balaban J connectivity index is 0.00000289. The Morgan fingerprint density at radius 3 is 2.28 bits per heavy atom. The summed E-state index contributed by atoms with van der Waals surface area (Å²) in [7, 11) is 1.86. The lowest BCUT2D eigenvalue weighted by Gasteiger charge is -2.32. The van der Waals surface area contributed by atoms with E-state index >= 15 is 0 Å². The quantitative estimate of drug-likeness (QED) is 0.627. The smallest absolute Gasteiger partial charge is 0.246 e. The number of nitrogens with zero attached hydrogens (tertiary/aromatic N) is 3. The van der Waals surface area contributed by atoms with Gasteiger partial charge in [0.25, 0.3) is 0 Å². The standard InChI is InChI=1S/C24H25FN4O2.CH4/c1-14-21-23(29(3)15(2)24(31)28-21)27-20(26-14)13-6-16-4-7-17(8-5-16)22(30)18-9-11-19(25)12-10-18;/h4-5,7-12,15,22,30H,6,13H2,1-3H3,(H,28,31);1H4/t15-,22?;/m0./s1. The van der Waals surface area contributed by atoms with Gasteiger partial charge in [0.2, 0.25) is 5.91 Å². The minimum atomic E-state index is -0.797. The van der Waals surface area contributed by atoms with Gasteiger partial charge in [-0.1, -0.05) is 43.8 Å². The summed E-state index contributed by atoms with van der Waals surface area (Å²) in [6, 6.07) is 13.3. The van der Waals surface area contributed by atoms with Crippen LogP contribution in [0.25, 0.3) is 0 Å².